The van der Waals surface area contributed by atoms with Gasteiger partial charge < -0.3 is 4.52 Å². The largest absolute Gasteiger partial charge is 0.338 e. The second-order valence-electron chi connectivity index (χ2n) is 7.50. The molecule has 3 rings (SSSR count). The fraction of sp³-hybridized carbons (Fsp3) is 0.524. The second-order valence-corrected chi connectivity index (χ2v) is 7.50. The van der Waals surface area contributed by atoms with Crippen molar-refractivity contribution in [1.29, 1.82) is 0 Å². The first-order valence-electron chi connectivity index (χ1n) is 9.55. The third-order valence-electron chi connectivity index (χ3n) is 5.41. The van der Waals surface area contributed by atoms with E-state index in [1.807, 2.05) is 13.8 Å². The number of carbonyl (C=O) groups is 1. The van der Waals surface area contributed by atoms with Crippen molar-refractivity contribution in [2.75, 3.05) is 18.4 Å². The van der Waals surface area contributed by atoms with Crippen LogP contribution in [0.1, 0.15) is 43.0 Å². The van der Waals surface area contributed by atoms with E-state index in [1.165, 1.54) is 17.5 Å². The van der Waals surface area contributed by atoms with E-state index in [0.717, 1.165) is 44.0 Å². The number of hydrogen-bond acceptors (Lipinski definition) is 4. The highest BCUT2D eigenvalue weighted by atomic mass is 16.5. The standard InChI is InChI=1S/C21H29N3O2/c1-15-4-6-18(7-5-15)8-9-19-10-12-24(13-11-19)17(3)21(25)22-20-14-16(2)23-26-20/h4-7,14,17,19H,8-13H2,1-3H3,(H,22,25). The molecule has 0 bridgehead atoms. The molecule has 0 spiro atoms. The van der Waals surface area contributed by atoms with Crippen LogP contribution in [0.15, 0.2) is 34.9 Å². The summed E-state index contributed by atoms with van der Waals surface area (Å²) in [6, 6.07) is 10.4. The van der Waals surface area contributed by atoms with Gasteiger partial charge in [0.05, 0.1) is 11.7 Å². The molecule has 5 heteroatoms. The topological polar surface area (TPSA) is 58.4 Å². The Morgan fingerprint density at radius 3 is 2.58 bits per heavy atom. The van der Waals surface area contributed by atoms with Gasteiger partial charge in [0.25, 0.3) is 0 Å². The molecule has 1 aromatic carbocycles. The Hall–Kier alpha value is -2.14. The van der Waals surface area contributed by atoms with Crippen molar-refractivity contribution < 1.29 is 9.32 Å². The second kappa shape index (κ2) is 8.49. The SMILES string of the molecule is Cc1ccc(CCC2CCN(C(C)C(=O)Nc3cc(C)no3)CC2)cc1. The summed E-state index contributed by atoms with van der Waals surface area (Å²) in [5, 5.41) is 6.61. The Bertz CT molecular complexity index is 715. The normalized spacial score (nSPS) is 17.2. The van der Waals surface area contributed by atoms with E-state index in [0.29, 0.717) is 5.88 Å². The summed E-state index contributed by atoms with van der Waals surface area (Å²) >= 11 is 0. The van der Waals surface area contributed by atoms with E-state index in [4.69, 9.17) is 4.52 Å². The number of benzene rings is 1. The number of aryl methyl sites for hydroxylation is 3. The van der Waals surface area contributed by atoms with Gasteiger partial charge in [-0.25, -0.2) is 0 Å². The third-order valence-corrected chi connectivity index (χ3v) is 5.41. The lowest BCUT2D eigenvalue weighted by Gasteiger charge is -2.35. The molecule has 1 aliphatic heterocycles. The van der Waals surface area contributed by atoms with Crippen molar-refractivity contribution in [3.05, 3.63) is 47.2 Å². The number of carbonyl (C=O) groups excluding carboxylic acids is 1. The average molecular weight is 355 g/mol. The van der Waals surface area contributed by atoms with Gasteiger partial charge in [-0.05, 0) is 71.0 Å². The lowest BCUT2D eigenvalue weighted by Crippen LogP contribution is -2.46. The molecule has 140 valence electrons. The Balaban J connectivity index is 1.42. The number of nitrogens with one attached hydrogen (secondary N) is 1. The fourth-order valence-corrected chi connectivity index (χ4v) is 3.57. The molecule has 2 heterocycles. The van der Waals surface area contributed by atoms with Crippen LogP contribution in [0, 0.1) is 19.8 Å². The number of hydrogen-bond donors (Lipinski definition) is 1. The first-order chi connectivity index (χ1) is 12.5. The van der Waals surface area contributed by atoms with Crippen molar-refractivity contribution in [3.63, 3.8) is 0 Å². The Kier molecular flexibility index (Phi) is 6.09. The minimum absolute atomic E-state index is 0.0285. The first-order valence-corrected chi connectivity index (χ1v) is 9.55. The predicted molar refractivity (Wildman–Crippen MR) is 103 cm³/mol. The van der Waals surface area contributed by atoms with Gasteiger partial charge in [0.1, 0.15) is 0 Å². The van der Waals surface area contributed by atoms with Gasteiger partial charge in [-0.3, -0.25) is 15.0 Å². The van der Waals surface area contributed by atoms with Crippen LogP contribution in [0.4, 0.5) is 5.88 Å². The lowest BCUT2D eigenvalue weighted by molar-refractivity contribution is -0.121. The van der Waals surface area contributed by atoms with Crippen molar-refractivity contribution in [1.82, 2.24) is 10.1 Å². The zero-order valence-electron chi connectivity index (χ0n) is 16.0. The van der Waals surface area contributed by atoms with Gasteiger partial charge in [-0.1, -0.05) is 35.0 Å². The summed E-state index contributed by atoms with van der Waals surface area (Å²) in [5.41, 5.74) is 3.50. The fourth-order valence-electron chi connectivity index (χ4n) is 3.57. The molecule has 0 aliphatic carbocycles. The monoisotopic (exact) mass is 355 g/mol. The van der Waals surface area contributed by atoms with Gasteiger partial charge in [0.15, 0.2) is 0 Å². The van der Waals surface area contributed by atoms with Crippen molar-refractivity contribution in [2.45, 2.75) is 52.5 Å². The zero-order valence-corrected chi connectivity index (χ0v) is 16.0. The van der Waals surface area contributed by atoms with Gasteiger partial charge >= 0.3 is 0 Å². The maximum Gasteiger partial charge on any atom is 0.243 e. The van der Waals surface area contributed by atoms with Crippen molar-refractivity contribution in [3.8, 4) is 0 Å². The summed E-state index contributed by atoms with van der Waals surface area (Å²) in [6.45, 7) is 7.88. The predicted octanol–water partition coefficient (Wildman–Crippen LogP) is 3.96. The number of nitrogens with zero attached hydrogens (tertiary/aromatic N) is 2. The van der Waals surface area contributed by atoms with Gasteiger partial charge in [0.2, 0.25) is 11.8 Å². The Morgan fingerprint density at radius 2 is 1.96 bits per heavy atom. The van der Waals surface area contributed by atoms with E-state index in [1.54, 1.807) is 6.07 Å². The number of rotatable bonds is 6. The van der Waals surface area contributed by atoms with E-state index < -0.39 is 0 Å². The van der Waals surface area contributed by atoms with Crippen LogP contribution in [-0.4, -0.2) is 35.1 Å². The molecule has 0 radical (unpaired) electrons. The molecule has 1 atom stereocenters. The molecule has 1 N–H and O–H groups in total. The number of aromatic nitrogens is 1. The quantitative estimate of drug-likeness (QED) is 0.852. The van der Waals surface area contributed by atoms with Gasteiger partial charge in [-0.2, -0.15) is 0 Å². The molecule has 1 fully saturated rings. The molecule has 5 nitrogen and oxygen atoms in total. The van der Waals surface area contributed by atoms with Gasteiger partial charge in [0, 0.05) is 6.07 Å². The first kappa shape index (κ1) is 18.6. The smallest absolute Gasteiger partial charge is 0.243 e. The Morgan fingerprint density at radius 1 is 1.27 bits per heavy atom. The molecule has 1 saturated heterocycles. The van der Waals surface area contributed by atoms with Crippen molar-refractivity contribution >= 4 is 11.8 Å². The number of piperidine rings is 1. The summed E-state index contributed by atoms with van der Waals surface area (Å²) in [4.78, 5) is 14.7. The molecular weight excluding hydrogens is 326 g/mol. The highest BCUT2D eigenvalue weighted by Crippen LogP contribution is 2.24. The summed E-state index contributed by atoms with van der Waals surface area (Å²) in [7, 11) is 0. The van der Waals surface area contributed by atoms with E-state index in [2.05, 4.69) is 46.6 Å². The minimum Gasteiger partial charge on any atom is -0.338 e. The van der Waals surface area contributed by atoms with E-state index in [-0.39, 0.29) is 11.9 Å². The maximum absolute atomic E-state index is 12.4. The molecule has 1 amide bonds. The highest BCUT2D eigenvalue weighted by molar-refractivity contribution is 5.93. The van der Waals surface area contributed by atoms with E-state index in [9.17, 15) is 4.79 Å². The molecular formula is C21H29N3O2. The summed E-state index contributed by atoms with van der Waals surface area (Å²) in [6.07, 6.45) is 4.69. The van der Waals surface area contributed by atoms with Crippen LogP contribution in [-0.2, 0) is 11.2 Å². The maximum atomic E-state index is 12.4. The van der Waals surface area contributed by atoms with E-state index >= 15 is 0 Å². The number of anilines is 1. The number of likely N-dealkylation sites (tertiary alicyclic amines) is 1. The third kappa shape index (κ3) is 4.94. The molecule has 0 saturated carbocycles. The minimum atomic E-state index is -0.154. The van der Waals surface area contributed by atoms with Crippen LogP contribution in [0.5, 0.6) is 0 Å². The number of amides is 1. The average Bonchev–Trinajstić information content (AvgIpc) is 3.06. The highest BCUT2D eigenvalue weighted by Gasteiger charge is 2.27. The van der Waals surface area contributed by atoms with Crippen LogP contribution < -0.4 is 5.32 Å². The lowest BCUT2D eigenvalue weighted by atomic mass is 9.90. The molecule has 26 heavy (non-hydrogen) atoms. The van der Waals surface area contributed by atoms with Crippen LogP contribution >= 0.6 is 0 Å². The molecule has 2 aromatic rings. The summed E-state index contributed by atoms with van der Waals surface area (Å²) in [5.74, 6) is 1.14. The molecule has 1 unspecified atom stereocenters. The zero-order chi connectivity index (χ0) is 18.5. The van der Waals surface area contributed by atoms with Gasteiger partial charge in [-0.15, -0.1) is 0 Å². The molecule has 1 aliphatic rings. The van der Waals surface area contributed by atoms with Crippen LogP contribution in [0.25, 0.3) is 0 Å². The van der Waals surface area contributed by atoms with Crippen LogP contribution in [0.2, 0.25) is 0 Å². The van der Waals surface area contributed by atoms with Crippen molar-refractivity contribution in [2.24, 2.45) is 5.92 Å². The van der Waals surface area contributed by atoms with Crippen LogP contribution in [0.3, 0.4) is 0 Å². The Labute approximate surface area is 155 Å². The molecule has 1 aromatic heterocycles. The summed E-state index contributed by atoms with van der Waals surface area (Å²) < 4.78 is 5.07.